The molecule has 13 aromatic rings. The van der Waals surface area contributed by atoms with Gasteiger partial charge in [-0.2, -0.15) is 0 Å². The van der Waals surface area contributed by atoms with Crippen molar-refractivity contribution in [1.29, 1.82) is 0 Å². The number of nitrogens with zero attached hydrogens (tertiary/aromatic N) is 6. The van der Waals surface area contributed by atoms with Crippen LogP contribution in [-0.4, -0.2) is 29.5 Å². The first-order valence-corrected chi connectivity index (χ1v) is 25.6. The van der Waals surface area contributed by atoms with Crippen LogP contribution in [0.5, 0.6) is 0 Å². The van der Waals surface area contributed by atoms with E-state index in [0.29, 0.717) is 23.3 Å². The molecule has 6 heteroatoms. The summed E-state index contributed by atoms with van der Waals surface area (Å²) in [5.74, 6) is 2.72. The second-order valence-electron chi connectivity index (χ2n) is 19.5. The molecular weight excluding hydrogens is 913 g/mol. The monoisotopic (exact) mass is 956 g/mol. The molecule has 0 saturated carbocycles. The van der Waals surface area contributed by atoms with E-state index in [9.17, 15) is 0 Å². The summed E-state index contributed by atoms with van der Waals surface area (Å²) in [6, 6.07) is 90.5. The highest BCUT2D eigenvalue weighted by atomic mass is 15.0. The van der Waals surface area contributed by atoms with E-state index >= 15 is 0 Å². The maximum atomic E-state index is 5.33. The molecule has 0 saturated heterocycles. The molecule has 0 N–H and O–H groups in total. The van der Waals surface area contributed by atoms with Crippen LogP contribution >= 0.6 is 0 Å². The summed E-state index contributed by atoms with van der Waals surface area (Å²) < 4.78 is 2.40. The number of benzene rings is 10. The molecule has 10 aromatic carbocycles. The minimum atomic E-state index is 0.0355. The van der Waals surface area contributed by atoms with Gasteiger partial charge in [0.1, 0.15) is 0 Å². The van der Waals surface area contributed by atoms with Gasteiger partial charge in [-0.15, -0.1) is 0 Å². The Morgan fingerprint density at radius 1 is 0.267 bits per heavy atom. The number of para-hydroxylation sites is 3. The lowest BCUT2D eigenvalue weighted by atomic mass is 9.60. The largest absolute Gasteiger partial charge is 0.309 e. The van der Waals surface area contributed by atoms with Crippen LogP contribution < -0.4 is 0 Å². The molecule has 0 amide bonds. The van der Waals surface area contributed by atoms with Crippen molar-refractivity contribution in [3.8, 4) is 84.9 Å². The van der Waals surface area contributed by atoms with Crippen molar-refractivity contribution in [3.05, 3.63) is 288 Å². The van der Waals surface area contributed by atoms with Crippen molar-refractivity contribution in [2.24, 2.45) is 0 Å². The van der Waals surface area contributed by atoms with E-state index < -0.39 is 0 Å². The molecule has 2 unspecified atom stereocenters. The van der Waals surface area contributed by atoms with Crippen molar-refractivity contribution in [2.75, 3.05) is 0 Å². The van der Waals surface area contributed by atoms with Gasteiger partial charge >= 0.3 is 0 Å². The van der Waals surface area contributed by atoms with Crippen LogP contribution in [0.3, 0.4) is 0 Å². The summed E-state index contributed by atoms with van der Waals surface area (Å²) in [5.41, 5.74) is 21.4. The Morgan fingerprint density at radius 2 is 0.693 bits per heavy atom. The first-order chi connectivity index (χ1) is 37.2. The molecule has 3 aromatic heterocycles. The van der Waals surface area contributed by atoms with Gasteiger partial charge in [-0.3, -0.25) is 0 Å². The SMILES string of the molecule is c1ccc(-c2nc(-c3ccc(-c4cccc5c6ccccc6n(-c6ccccc6)c45)cc3)cc(-c3ccc4c(c3)C3c5ccccc5C4c4cc(-c5nc(-c6ccccc6)nc(-c6ccccc6)n5)ccc43)n2)cc1. The molecule has 75 heavy (non-hydrogen) atoms. The zero-order valence-corrected chi connectivity index (χ0v) is 40.6. The van der Waals surface area contributed by atoms with Crippen molar-refractivity contribution in [3.63, 3.8) is 0 Å². The van der Waals surface area contributed by atoms with Crippen LogP contribution in [0, 0.1) is 0 Å². The predicted molar refractivity (Wildman–Crippen MR) is 303 cm³/mol. The van der Waals surface area contributed by atoms with E-state index in [4.69, 9.17) is 24.9 Å². The molecule has 0 radical (unpaired) electrons. The number of aromatic nitrogens is 6. The van der Waals surface area contributed by atoms with Gasteiger partial charge in [0.05, 0.1) is 22.4 Å². The summed E-state index contributed by atoms with van der Waals surface area (Å²) in [6.45, 7) is 0. The van der Waals surface area contributed by atoms with Gasteiger partial charge in [0.25, 0.3) is 0 Å². The minimum Gasteiger partial charge on any atom is -0.309 e. The molecule has 6 nitrogen and oxygen atoms in total. The third kappa shape index (κ3) is 7.13. The fourth-order valence-corrected chi connectivity index (χ4v) is 11.8. The Kier molecular flexibility index (Phi) is 9.91. The van der Waals surface area contributed by atoms with Crippen LogP contribution in [0.4, 0.5) is 0 Å². The normalized spacial score (nSPS) is 14.1. The van der Waals surface area contributed by atoms with Gasteiger partial charge in [0, 0.05) is 67.2 Å². The van der Waals surface area contributed by atoms with Gasteiger partial charge < -0.3 is 4.57 Å². The van der Waals surface area contributed by atoms with E-state index in [1.54, 1.807) is 0 Å². The Labute approximate surface area is 434 Å². The number of hydrogen-bond donors (Lipinski definition) is 0. The third-order valence-corrected chi connectivity index (χ3v) is 15.2. The van der Waals surface area contributed by atoms with Crippen molar-refractivity contribution in [1.82, 2.24) is 29.5 Å². The molecular formula is C69H44N6. The Hall–Kier alpha value is -9.91. The average Bonchev–Trinajstić information content (AvgIpc) is 3.84. The molecule has 3 aliphatic carbocycles. The Balaban J connectivity index is 0.827. The first-order valence-electron chi connectivity index (χ1n) is 25.6. The second-order valence-corrected chi connectivity index (χ2v) is 19.5. The van der Waals surface area contributed by atoms with Crippen LogP contribution in [0.2, 0.25) is 0 Å². The maximum Gasteiger partial charge on any atom is 0.164 e. The van der Waals surface area contributed by atoms with Gasteiger partial charge in [0.2, 0.25) is 0 Å². The molecule has 3 heterocycles. The fraction of sp³-hybridized carbons (Fsp3) is 0.0290. The lowest BCUT2D eigenvalue weighted by Gasteiger charge is -2.42. The van der Waals surface area contributed by atoms with E-state index in [1.807, 2.05) is 42.5 Å². The summed E-state index contributed by atoms with van der Waals surface area (Å²) in [6.07, 6.45) is 0. The lowest BCUT2D eigenvalue weighted by molar-refractivity contribution is 0.754. The molecule has 16 rings (SSSR count). The highest BCUT2D eigenvalue weighted by molar-refractivity contribution is 6.13. The molecule has 2 atom stereocenters. The van der Waals surface area contributed by atoms with Crippen molar-refractivity contribution < 1.29 is 0 Å². The average molecular weight is 957 g/mol. The Morgan fingerprint density at radius 3 is 1.29 bits per heavy atom. The second kappa shape index (κ2) is 17.4. The standard InChI is InChI=1S/C69H44N6/c1-5-18-45(19-6-1)66-70-60(44-34-32-43(33-35-44)51-29-17-30-57-52-26-15-16-31-62(52)75(65(51)57)50-24-11-4-12-25-50)42-61(71-66)48-36-38-55-58(40-48)63-53-27-13-14-28-54(53)64(55)59-41-49(37-39-56(59)63)69-73-67(46-20-7-2-8-21-46)72-68(74-69)47-22-9-3-10-23-47/h1-42,63-64H. The van der Waals surface area contributed by atoms with E-state index in [0.717, 1.165) is 56.0 Å². The highest BCUT2D eigenvalue weighted by Gasteiger charge is 2.41. The van der Waals surface area contributed by atoms with Crippen molar-refractivity contribution in [2.45, 2.75) is 11.8 Å². The molecule has 0 fully saturated rings. The molecule has 350 valence electrons. The topological polar surface area (TPSA) is 69.4 Å². The Bertz CT molecular complexity index is 4280. The summed E-state index contributed by atoms with van der Waals surface area (Å²) >= 11 is 0. The summed E-state index contributed by atoms with van der Waals surface area (Å²) in [5, 5.41) is 2.47. The highest BCUT2D eigenvalue weighted by Crippen LogP contribution is 2.57. The smallest absolute Gasteiger partial charge is 0.164 e. The van der Waals surface area contributed by atoms with Crippen LogP contribution in [-0.2, 0) is 0 Å². The quantitative estimate of drug-likeness (QED) is 0.152. The zero-order valence-electron chi connectivity index (χ0n) is 40.6. The molecule has 2 bridgehead atoms. The number of fused-ring (bicyclic) bond motifs is 3. The van der Waals surface area contributed by atoms with E-state index in [1.165, 1.54) is 60.8 Å². The van der Waals surface area contributed by atoms with Crippen LogP contribution in [0.15, 0.2) is 255 Å². The fourth-order valence-electron chi connectivity index (χ4n) is 11.8. The van der Waals surface area contributed by atoms with Gasteiger partial charge in [0.15, 0.2) is 23.3 Å². The number of hydrogen-bond acceptors (Lipinski definition) is 5. The van der Waals surface area contributed by atoms with Crippen LogP contribution in [0.1, 0.15) is 45.2 Å². The molecule has 0 spiro atoms. The zero-order chi connectivity index (χ0) is 49.4. The van der Waals surface area contributed by atoms with E-state index in [2.05, 4.69) is 217 Å². The predicted octanol–water partition coefficient (Wildman–Crippen LogP) is 16.4. The van der Waals surface area contributed by atoms with Crippen molar-refractivity contribution >= 4 is 21.8 Å². The van der Waals surface area contributed by atoms with Gasteiger partial charge in [-0.1, -0.05) is 218 Å². The van der Waals surface area contributed by atoms with Crippen LogP contribution in [0.25, 0.3) is 107 Å². The lowest BCUT2D eigenvalue weighted by Crippen LogP contribution is -2.27. The summed E-state index contributed by atoms with van der Waals surface area (Å²) in [7, 11) is 0. The number of rotatable bonds is 8. The van der Waals surface area contributed by atoms with Gasteiger partial charge in [-0.05, 0) is 75.3 Å². The first kappa shape index (κ1) is 42.7. The minimum absolute atomic E-state index is 0.0355. The van der Waals surface area contributed by atoms with Gasteiger partial charge in [-0.25, -0.2) is 24.9 Å². The van der Waals surface area contributed by atoms with E-state index in [-0.39, 0.29) is 11.8 Å². The maximum absolute atomic E-state index is 5.33. The molecule has 3 aliphatic rings. The molecule has 0 aliphatic heterocycles. The summed E-state index contributed by atoms with van der Waals surface area (Å²) in [4.78, 5) is 25.8. The third-order valence-electron chi connectivity index (χ3n) is 15.2.